The Balaban J connectivity index is 1.95. The topological polar surface area (TPSA) is 80.5 Å². The Kier molecular flexibility index (Phi) is 3.52. The van der Waals surface area contributed by atoms with E-state index in [-0.39, 0.29) is 0 Å². The fourth-order valence-electron chi connectivity index (χ4n) is 2.48. The molecule has 0 aliphatic rings. The molecule has 0 spiro atoms. The summed E-state index contributed by atoms with van der Waals surface area (Å²) in [6, 6.07) is 13.4. The molecule has 3 heterocycles. The zero-order chi connectivity index (χ0) is 16.5. The zero-order valence-corrected chi connectivity index (χ0v) is 13.5. The van der Waals surface area contributed by atoms with Gasteiger partial charge in [0.15, 0.2) is 11.6 Å². The van der Waals surface area contributed by atoms with Gasteiger partial charge in [0.25, 0.3) is 0 Å². The van der Waals surface area contributed by atoms with Crippen LogP contribution in [0.15, 0.2) is 58.3 Å². The molecule has 0 saturated carbocycles. The van der Waals surface area contributed by atoms with E-state index in [4.69, 9.17) is 4.42 Å². The predicted molar refractivity (Wildman–Crippen MR) is 90.9 cm³/mol. The van der Waals surface area contributed by atoms with E-state index >= 15 is 0 Å². The number of nitrogens with zero attached hydrogens (tertiary/aromatic N) is 5. The van der Waals surface area contributed by atoms with Crippen molar-refractivity contribution < 1.29 is 4.42 Å². The monoisotopic (exact) mass is 333 g/mol. The van der Waals surface area contributed by atoms with Crippen molar-refractivity contribution in [3.63, 3.8) is 0 Å². The van der Waals surface area contributed by atoms with Gasteiger partial charge in [0.05, 0.1) is 23.5 Å². The third-order valence-electron chi connectivity index (χ3n) is 3.56. The molecule has 7 heteroatoms. The van der Waals surface area contributed by atoms with Gasteiger partial charge in [-0.05, 0) is 30.5 Å². The molecule has 4 rings (SSSR count). The largest absolute Gasteiger partial charge is 0.463 e. The number of benzene rings is 1. The van der Waals surface area contributed by atoms with Gasteiger partial charge < -0.3 is 4.42 Å². The summed E-state index contributed by atoms with van der Waals surface area (Å²) in [4.78, 5) is 9.03. The number of thioether (sulfide) groups is 1. The second kappa shape index (κ2) is 5.83. The zero-order valence-electron chi connectivity index (χ0n) is 12.7. The quantitative estimate of drug-likeness (QED) is 0.532. The van der Waals surface area contributed by atoms with E-state index in [1.807, 2.05) is 30.5 Å². The number of para-hydroxylation sites is 2. The molecule has 0 saturated heterocycles. The van der Waals surface area contributed by atoms with Crippen LogP contribution in [-0.4, -0.2) is 26.0 Å². The van der Waals surface area contributed by atoms with E-state index < -0.39 is 0 Å². The first-order chi connectivity index (χ1) is 11.8. The molecule has 24 heavy (non-hydrogen) atoms. The van der Waals surface area contributed by atoms with E-state index in [0.717, 1.165) is 11.0 Å². The standard InChI is InChI=1S/C17H11N5OS/c1-24-17-11(9-18)16(14-7-4-8-23-14)21-22(17)15-10-19-12-5-2-3-6-13(12)20-15/h2-8,10H,1H3. The summed E-state index contributed by atoms with van der Waals surface area (Å²) in [5.74, 6) is 1.11. The van der Waals surface area contributed by atoms with E-state index in [2.05, 4.69) is 21.1 Å². The summed E-state index contributed by atoms with van der Waals surface area (Å²) in [7, 11) is 0. The number of furan rings is 1. The molecular formula is C17H11N5OS. The fourth-order valence-corrected chi connectivity index (χ4v) is 3.14. The molecule has 0 unspecified atom stereocenters. The van der Waals surface area contributed by atoms with Crippen LogP contribution in [0.4, 0.5) is 0 Å². The Morgan fingerprint density at radius 1 is 1.17 bits per heavy atom. The van der Waals surface area contributed by atoms with Crippen LogP contribution in [0.2, 0.25) is 0 Å². The molecule has 3 aromatic heterocycles. The van der Waals surface area contributed by atoms with Crippen LogP contribution >= 0.6 is 11.8 Å². The number of hydrogen-bond acceptors (Lipinski definition) is 6. The number of rotatable bonds is 3. The maximum Gasteiger partial charge on any atom is 0.173 e. The highest BCUT2D eigenvalue weighted by atomic mass is 32.2. The van der Waals surface area contributed by atoms with Gasteiger partial charge >= 0.3 is 0 Å². The van der Waals surface area contributed by atoms with Crippen LogP contribution in [0.5, 0.6) is 0 Å². The van der Waals surface area contributed by atoms with E-state index in [9.17, 15) is 5.26 Å². The van der Waals surface area contributed by atoms with Crippen LogP contribution in [0.1, 0.15) is 5.56 Å². The summed E-state index contributed by atoms with van der Waals surface area (Å²) in [6.07, 6.45) is 5.11. The summed E-state index contributed by atoms with van der Waals surface area (Å²) < 4.78 is 7.05. The third kappa shape index (κ3) is 2.25. The van der Waals surface area contributed by atoms with Gasteiger partial charge in [-0.15, -0.1) is 11.8 Å². The van der Waals surface area contributed by atoms with Crippen molar-refractivity contribution in [2.45, 2.75) is 5.03 Å². The molecule has 0 bridgehead atoms. The molecule has 4 aromatic rings. The molecule has 0 aliphatic heterocycles. The van der Waals surface area contributed by atoms with Gasteiger partial charge in [-0.2, -0.15) is 10.4 Å². The molecule has 116 valence electrons. The number of nitriles is 1. The molecule has 0 radical (unpaired) electrons. The number of hydrogen-bond donors (Lipinski definition) is 0. The van der Waals surface area contributed by atoms with Gasteiger partial charge in [-0.3, -0.25) is 4.98 Å². The van der Waals surface area contributed by atoms with Crippen molar-refractivity contribution in [2.24, 2.45) is 0 Å². The third-order valence-corrected chi connectivity index (χ3v) is 4.32. The molecule has 0 aliphatic carbocycles. The summed E-state index contributed by atoms with van der Waals surface area (Å²) in [5.41, 5.74) is 2.55. The smallest absolute Gasteiger partial charge is 0.173 e. The van der Waals surface area contributed by atoms with Crippen molar-refractivity contribution in [1.82, 2.24) is 19.7 Å². The maximum atomic E-state index is 9.57. The molecule has 0 amide bonds. The van der Waals surface area contributed by atoms with Crippen molar-refractivity contribution in [3.8, 4) is 23.3 Å². The maximum absolute atomic E-state index is 9.57. The lowest BCUT2D eigenvalue weighted by Gasteiger charge is -2.05. The minimum absolute atomic E-state index is 0.465. The van der Waals surface area contributed by atoms with E-state index in [0.29, 0.717) is 27.9 Å². The second-order valence-electron chi connectivity index (χ2n) is 4.95. The molecule has 0 fully saturated rings. The Hall–Kier alpha value is -3.11. The first-order valence-corrected chi connectivity index (χ1v) is 8.37. The average Bonchev–Trinajstić information content (AvgIpc) is 3.28. The average molecular weight is 333 g/mol. The molecule has 6 nitrogen and oxygen atoms in total. The van der Waals surface area contributed by atoms with Gasteiger partial charge in [0.2, 0.25) is 0 Å². The molecule has 0 atom stereocenters. The fraction of sp³-hybridized carbons (Fsp3) is 0.0588. The highest BCUT2D eigenvalue weighted by molar-refractivity contribution is 7.98. The summed E-state index contributed by atoms with van der Waals surface area (Å²) in [6.45, 7) is 0. The molecule has 0 N–H and O–H groups in total. The van der Waals surface area contributed by atoms with Gasteiger partial charge in [0, 0.05) is 0 Å². The highest BCUT2D eigenvalue weighted by Gasteiger charge is 2.22. The van der Waals surface area contributed by atoms with Crippen LogP contribution in [0.25, 0.3) is 28.3 Å². The Bertz CT molecular complexity index is 1060. The van der Waals surface area contributed by atoms with Crippen LogP contribution in [0.3, 0.4) is 0 Å². The predicted octanol–water partition coefficient (Wildman–Crippen LogP) is 3.67. The van der Waals surface area contributed by atoms with Crippen molar-refractivity contribution >= 4 is 22.8 Å². The van der Waals surface area contributed by atoms with E-state index in [1.165, 1.54) is 11.8 Å². The second-order valence-corrected chi connectivity index (χ2v) is 5.75. The molecular weight excluding hydrogens is 322 g/mol. The Morgan fingerprint density at radius 2 is 2.00 bits per heavy atom. The van der Waals surface area contributed by atoms with Crippen LogP contribution in [-0.2, 0) is 0 Å². The summed E-state index contributed by atoms with van der Waals surface area (Å²) in [5, 5.41) is 14.8. The van der Waals surface area contributed by atoms with Crippen molar-refractivity contribution in [2.75, 3.05) is 6.26 Å². The lowest BCUT2D eigenvalue weighted by Crippen LogP contribution is -2.02. The SMILES string of the molecule is CSc1c(C#N)c(-c2ccco2)nn1-c1cnc2ccccc2n1. The normalized spacial score (nSPS) is 10.8. The Morgan fingerprint density at radius 3 is 2.71 bits per heavy atom. The van der Waals surface area contributed by atoms with E-state index in [1.54, 1.807) is 29.3 Å². The lowest BCUT2D eigenvalue weighted by molar-refractivity contribution is 0.578. The summed E-state index contributed by atoms with van der Waals surface area (Å²) >= 11 is 1.43. The van der Waals surface area contributed by atoms with Crippen molar-refractivity contribution in [1.29, 1.82) is 5.26 Å². The van der Waals surface area contributed by atoms with Gasteiger partial charge in [0.1, 0.15) is 22.4 Å². The number of aromatic nitrogens is 4. The van der Waals surface area contributed by atoms with Crippen LogP contribution in [0, 0.1) is 11.3 Å². The van der Waals surface area contributed by atoms with Crippen molar-refractivity contribution in [3.05, 3.63) is 54.4 Å². The van der Waals surface area contributed by atoms with Gasteiger partial charge in [-0.1, -0.05) is 12.1 Å². The first-order valence-electron chi connectivity index (χ1n) is 7.15. The Labute approximate surface area is 141 Å². The van der Waals surface area contributed by atoms with Gasteiger partial charge in [-0.25, -0.2) is 9.67 Å². The molecule has 1 aromatic carbocycles. The number of fused-ring (bicyclic) bond motifs is 1. The highest BCUT2D eigenvalue weighted by Crippen LogP contribution is 2.32. The van der Waals surface area contributed by atoms with Crippen LogP contribution < -0.4 is 0 Å². The minimum Gasteiger partial charge on any atom is -0.463 e. The minimum atomic E-state index is 0.465. The first kappa shape index (κ1) is 14.5. The lowest BCUT2D eigenvalue weighted by atomic mass is 10.2.